The van der Waals surface area contributed by atoms with E-state index in [-0.39, 0.29) is 33.0 Å². The van der Waals surface area contributed by atoms with Gasteiger partial charge < -0.3 is 19.3 Å². The van der Waals surface area contributed by atoms with Crippen LogP contribution in [0.25, 0.3) is 0 Å². The molecule has 1 rings (SSSR count). The quantitative estimate of drug-likeness (QED) is 0.313. The third-order valence-electron chi connectivity index (χ3n) is 4.51. The molecule has 28 heavy (non-hydrogen) atoms. The fraction of sp³-hybridized carbons (Fsp3) is 0.882. The number of hydrogen-bond acceptors (Lipinski definition) is 7. The monoisotopic (exact) mass is 424 g/mol. The van der Waals surface area contributed by atoms with Gasteiger partial charge in [0.15, 0.2) is 0 Å². The summed E-state index contributed by atoms with van der Waals surface area (Å²) in [5.74, 6) is 0.362. The first-order chi connectivity index (χ1) is 13.3. The van der Waals surface area contributed by atoms with Crippen molar-refractivity contribution in [2.24, 2.45) is 17.8 Å². The summed E-state index contributed by atoms with van der Waals surface area (Å²) in [6.07, 6.45) is 3.37. The number of amides is 1. The van der Waals surface area contributed by atoms with Crippen molar-refractivity contribution in [1.82, 2.24) is 9.44 Å². The highest BCUT2D eigenvalue weighted by atomic mass is 32.2. The molecule has 0 aromatic rings. The molecule has 0 aliphatic heterocycles. The molecular weight excluding hydrogens is 392 g/mol. The molecule has 0 spiro atoms. The summed E-state index contributed by atoms with van der Waals surface area (Å²) in [7, 11) is -4.03. The van der Waals surface area contributed by atoms with Crippen LogP contribution in [0.5, 0.6) is 0 Å². The van der Waals surface area contributed by atoms with Gasteiger partial charge in [0.1, 0.15) is 6.61 Å². The number of hydrogen-bond donors (Lipinski definition) is 3. The minimum atomic E-state index is -4.03. The van der Waals surface area contributed by atoms with Gasteiger partial charge in [0, 0.05) is 6.54 Å². The topological polar surface area (TPSA) is 140 Å². The van der Waals surface area contributed by atoms with Crippen LogP contribution in [0.1, 0.15) is 39.5 Å². The second-order valence-electron chi connectivity index (χ2n) is 6.73. The van der Waals surface area contributed by atoms with E-state index in [2.05, 4.69) is 18.6 Å². The largest absolute Gasteiger partial charge is 0.480 e. The fourth-order valence-corrected chi connectivity index (χ4v) is 3.97. The number of nitrogens with one attached hydrogen (secondary N) is 2. The van der Waals surface area contributed by atoms with E-state index in [0.717, 1.165) is 25.7 Å². The highest BCUT2D eigenvalue weighted by Gasteiger charge is 2.48. The average molecular weight is 425 g/mol. The summed E-state index contributed by atoms with van der Waals surface area (Å²) >= 11 is 0. The Morgan fingerprint density at radius 2 is 1.57 bits per heavy atom. The van der Waals surface area contributed by atoms with Crippen molar-refractivity contribution < 1.29 is 37.3 Å². The van der Waals surface area contributed by atoms with Gasteiger partial charge in [0.05, 0.1) is 26.4 Å². The lowest BCUT2D eigenvalue weighted by atomic mass is 10.1. The van der Waals surface area contributed by atoms with E-state index in [9.17, 15) is 18.0 Å². The van der Waals surface area contributed by atoms with Gasteiger partial charge in [-0.2, -0.15) is 13.1 Å². The molecule has 1 saturated carbocycles. The molecule has 3 atom stereocenters. The highest BCUT2D eigenvalue weighted by Crippen LogP contribution is 2.51. The molecule has 0 saturated heterocycles. The van der Waals surface area contributed by atoms with E-state index in [1.807, 2.05) is 4.72 Å². The first-order valence-electron chi connectivity index (χ1n) is 9.62. The maximum Gasteiger partial charge on any atom is 0.421 e. The molecule has 1 amide bonds. The Hall–Kier alpha value is -1.43. The number of carboxylic acids is 1. The van der Waals surface area contributed by atoms with E-state index in [1.165, 1.54) is 0 Å². The Morgan fingerprint density at radius 1 is 0.964 bits per heavy atom. The smallest absolute Gasteiger partial charge is 0.421 e. The second kappa shape index (κ2) is 12.9. The second-order valence-corrected chi connectivity index (χ2v) is 8.23. The zero-order valence-electron chi connectivity index (χ0n) is 16.5. The van der Waals surface area contributed by atoms with Crippen LogP contribution in [0.3, 0.4) is 0 Å². The molecule has 0 aromatic carbocycles. The van der Waals surface area contributed by atoms with Crippen molar-refractivity contribution >= 4 is 22.3 Å². The lowest BCUT2D eigenvalue weighted by Crippen LogP contribution is -2.42. The number of aliphatic carboxylic acids is 1. The lowest BCUT2D eigenvalue weighted by Gasteiger charge is -2.09. The standard InChI is InChI=1S/C17H32N2O8S/c1-3-5-13-14(6-4-2)15(13)11-27-17(22)19-28(23,24)18-7-8-25-9-10-26-12-16(20)21/h13-15,18H,3-12H2,1-2H3,(H,19,22)(H,20,21)/t13-,14+,15?. The van der Waals surface area contributed by atoms with Crippen LogP contribution in [0.15, 0.2) is 0 Å². The van der Waals surface area contributed by atoms with E-state index < -0.39 is 28.9 Å². The highest BCUT2D eigenvalue weighted by molar-refractivity contribution is 7.88. The Balaban J connectivity index is 2.14. The normalized spacial score (nSPS) is 21.3. The minimum absolute atomic E-state index is 0.0475. The number of carbonyl (C=O) groups is 2. The van der Waals surface area contributed by atoms with Crippen molar-refractivity contribution in [1.29, 1.82) is 0 Å². The molecule has 0 heterocycles. The molecule has 164 valence electrons. The molecule has 11 heteroatoms. The van der Waals surface area contributed by atoms with Crippen LogP contribution < -0.4 is 9.44 Å². The lowest BCUT2D eigenvalue weighted by molar-refractivity contribution is -0.142. The van der Waals surface area contributed by atoms with Crippen LogP contribution in [0.4, 0.5) is 4.79 Å². The molecule has 1 aliphatic rings. The Bertz CT molecular complexity index is 572. The predicted molar refractivity (Wildman–Crippen MR) is 101 cm³/mol. The molecule has 1 aliphatic carbocycles. The third kappa shape index (κ3) is 10.2. The van der Waals surface area contributed by atoms with Crippen LogP contribution in [0.2, 0.25) is 0 Å². The van der Waals surface area contributed by atoms with Crippen molar-refractivity contribution in [2.45, 2.75) is 39.5 Å². The van der Waals surface area contributed by atoms with Crippen LogP contribution in [-0.4, -0.2) is 65.2 Å². The van der Waals surface area contributed by atoms with Gasteiger partial charge in [-0.25, -0.2) is 14.3 Å². The van der Waals surface area contributed by atoms with Gasteiger partial charge in [-0.1, -0.05) is 39.5 Å². The molecule has 1 unspecified atom stereocenters. The van der Waals surface area contributed by atoms with Gasteiger partial charge >= 0.3 is 22.3 Å². The van der Waals surface area contributed by atoms with E-state index in [0.29, 0.717) is 17.8 Å². The van der Waals surface area contributed by atoms with E-state index in [1.54, 1.807) is 0 Å². The first-order valence-corrected chi connectivity index (χ1v) is 11.1. The van der Waals surface area contributed by atoms with Gasteiger partial charge in [-0.05, 0) is 17.8 Å². The Morgan fingerprint density at radius 3 is 2.14 bits per heavy atom. The average Bonchev–Trinajstić information content (AvgIpc) is 3.26. The summed E-state index contributed by atoms with van der Waals surface area (Å²) in [4.78, 5) is 22.0. The van der Waals surface area contributed by atoms with E-state index in [4.69, 9.17) is 19.3 Å². The number of rotatable bonds is 16. The molecule has 0 aromatic heterocycles. The van der Waals surface area contributed by atoms with E-state index >= 15 is 0 Å². The van der Waals surface area contributed by atoms with Gasteiger partial charge in [0.2, 0.25) is 0 Å². The number of carboxylic acid groups (broad SMARTS) is 1. The summed E-state index contributed by atoms with van der Waals surface area (Å²) in [6, 6.07) is 0. The molecular formula is C17H32N2O8S. The first kappa shape index (κ1) is 24.6. The van der Waals surface area contributed by atoms with Gasteiger partial charge in [-0.3, -0.25) is 0 Å². The summed E-state index contributed by atoms with van der Waals surface area (Å²) in [5, 5.41) is 8.37. The van der Waals surface area contributed by atoms with Crippen LogP contribution in [-0.2, 0) is 29.2 Å². The SMILES string of the molecule is CCC[C@@H]1C(COC(=O)NS(=O)(=O)NCCOCCOCC(=O)O)[C@@H]1CCC. The zero-order chi connectivity index (χ0) is 21.0. The maximum absolute atomic E-state index is 11.8. The van der Waals surface area contributed by atoms with Crippen molar-refractivity contribution in [3.05, 3.63) is 0 Å². The van der Waals surface area contributed by atoms with Crippen molar-refractivity contribution in [3.8, 4) is 0 Å². The predicted octanol–water partition coefficient (Wildman–Crippen LogP) is 1.13. The minimum Gasteiger partial charge on any atom is -0.480 e. The summed E-state index contributed by atoms with van der Waals surface area (Å²) < 4.78 is 42.4. The maximum atomic E-state index is 11.8. The third-order valence-corrected chi connectivity index (χ3v) is 5.53. The Labute approximate surface area is 166 Å². The van der Waals surface area contributed by atoms with Gasteiger partial charge in [0.25, 0.3) is 0 Å². The zero-order valence-corrected chi connectivity index (χ0v) is 17.3. The molecule has 0 bridgehead atoms. The Kier molecular flexibility index (Phi) is 11.4. The van der Waals surface area contributed by atoms with Crippen molar-refractivity contribution in [3.63, 3.8) is 0 Å². The molecule has 3 N–H and O–H groups in total. The summed E-state index contributed by atoms with van der Waals surface area (Å²) in [6.45, 7) is 4.27. The van der Waals surface area contributed by atoms with Crippen molar-refractivity contribution in [2.75, 3.05) is 39.6 Å². The number of carbonyl (C=O) groups excluding carboxylic acids is 1. The fourth-order valence-electron chi connectivity index (χ4n) is 3.27. The molecule has 1 fully saturated rings. The molecule has 10 nitrogen and oxygen atoms in total. The number of ether oxygens (including phenoxy) is 3. The van der Waals surface area contributed by atoms with Gasteiger partial charge in [-0.15, -0.1) is 0 Å². The van der Waals surface area contributed by atoms with Crippen LogP contribution >= 0.6 is 0 Å². The van der Waals surface area contributed by atoms with Crippen LogP contribution in [0, 0.1) is 17.8 Å². The molecule has 0 radical (unpaired) electrons. The summed E-state index contributed by atoms with van der Waals surface area (Å²) in [5.41, 5.74) is 0.